The van der Waals surface area contributed by atoms with Gasteiger partial charge in [-0.05, 0) is 24.1 Å². The molecule has 0 radical (unpaired) electrons. The minimum atomic E-state index is -0.814. The van der Waals surface area contributed by atoms with Crippen LogP contribution in [0.5, 0.6) is 0 Å². The Hall–Kier alpha value is -2.17. The molecular weight excluding hydrogens is 242 g/mol. The molecule has 0 saturated heterocycles. The molecule has 0 spiro atoms. The van der Waals surface area contributed by atoms with Crippen LogP contribution in [-0.2, 0) is 17.6 Å². The van der Waals surface area contributed by atoms with Crippen molar-refractivity contribution in [2.24, 2.45) is 0 Å². The second-order valence-electron chi connectivity index (χ2n) is 4.45. The first-order valence-electron chi connectivity index (χ1n) is 6.41. The van der Waals surface area contributed by atoms with Gasteiger partial charge in [0.25, 0.3) is 0 Å². The van der Waals surface area contributed by atoms with Crippen molar-refractivity contribution < 1.29 is 9.90 Å². The Morgan fingerprint density at radius 2 is 2.00 bits per heavy atom. The summed E-state index contributed by atoms with van der Waals surface area (Å²) in [6.07, 6.45) is 4.30. The van der Waals surface area contributed by atoms with Crippen LogP contribution in [0.2, 0.25) is 0 Å². The largest absolute Gasteiger partial charge is 0.481 e. The number of hydrogen-bond acceptors (Lipinski definition) is 3. The van der Waals surface area contributed by atoms with Crippen molar-refractivity contribution in [1.82, 2.24) is 15.0 Å². The van der Waals surface area contributed by atoms with Crippen LogP contribution in [0.4, 0.5) is 0 Å². The van der Waals surface area contributed by atoms with Crippen molar-refractivity contribution in [2.45, 2.75) is 32.6 Å². The molecule has 100 valence electrons. The molecule has 0 unspecified atom stereocenters. The third-order valence-corrected chi connectivity index (χ3v) is 2.93. The molecule has 0 aliphatic carbocycles. The fourth-order valence-electron chi connectivity index (χ4n) is 1.97. The van der Waals surface area contributed by atoms with E-state index in [1.54, 1.807) is 10.9 Å². The van der Waals surface area contributed by atoms with Crippen LogP contribution in [0, 0.1) is 0 Å². The highest BCUT2D eigenvalue weighted by atomic mass is 16.4. The van der Waals surface area contributed by atoms with Gasteiger partial charge in [0.2, 0.25) is 0 Å². The second kappa shape index (κ2) is 6.13. The summed E-state index contributed by atoms with van der Waals surface area (Å²) in [6, 6.07) is 8.12. The average molecular weight is 259 g/mol. The Labute approximate surface area is 111 Å². The minimum absolute atomic E-state index is 0.0846. The Bertz CT molecular complexity index is 546. The van der Waals surface area contributed by atoms with Crippen LogP contribution < -0.4 is 0 Å². The third-order valence-electron chi connectivity index (χ3n) is 2.93. The summed E-state index contributed by atoms with van der Waals surface area (Å²) in [5, 5.41) is 16.6. The number of carboxylic acids is 1. The van der Waals surface area contributed by atoms with E-state index in [0.29, 0.717) is 6.42 Å². The SMILES string of the molecule is CCCc1ccc(-n2nncc2CCC(=O)O)cc1. The topological polar surface area (TPSA) is 68.0 Å². The molecule has 5 heteroatoms. The van der Waals surface area contributed by atoms with Gasteiger partial charge in [-0.2, -0.15) is 0 Å². The zero-order valence-electron chi connectivity index (χ0n) is 10.9. The summed E-state index contributed by atoms with van der Waals surface area (Å²) >= 11 is 0. The number of rotatable bonds is 6. The lowest BCUT2D eigenvalue weighted by atomic mass is 10.1. The fourth-order valence-corrected chi connectivity index (χ4v) is 1.97. The maximum absolute atomic E-state index is 10.6. The van der Waals surface area contributed by atoms with E-state index >= 15 is 0 Å². The molecule has 0 aliphatic heterocycles. The van der Waals surface area contributed by atoms with Gasteiger partial charge in [-0.3, -0.25) is 4.79 Å². The van der Waals surface area contributed by atoms with Crippen LogP contribution in [0.3, 0.4) is 0 Å². The van der Waals surface area contributed by atoms with Crippen LogP contribution in [0.1, 0.15) is 31.0 Å². The predicted octanol–water partition coefficient (Wildman–Crippen LogP) is 2.24. The number of carbonyl (C=O) groups is 1. The van der Waals surface area contributed by atoms with Crippen LogP contribution in [0.25, 0.3) is 5.69 Å². The highest BCUT2D eigenvalue weighted by Gasteiger charge is 2.08. The lowest BCUT2D eigenvalue weighted by molar-refractivity contribution is -0.136. The molecule has 1 heterocycles. The van der Waals surface area contributed by atoms with Crippen LogP contribution in [-0.4, -0.2) is 26.1 Å². The van der Waals surface area contributed by atoms with Gasteiger partial charge in [-0.1, -0.05) is 30.7 Å². The number of aryl methyl sites for hydroxylation is 2. The third kappa shape index (κ3) is 3.40. The predicted molar refractivity (Wildman–Crippen MR) is 71.3 cm³/mol. The molecule has 0 atom stereocenters. The van der Waals surface area contributed by atoms with Crippen molar-refractivity contribution in [3.8, 4) is 5.69 Å². The lowest BCUT2D eigenvalue weighted by Crippen LogP contribution is -2.05. The summed E-state index contributed by atoms with van der Waals surface area (Å²) in [5.41, 5.74) is 3.02. The maximum Gasteiger partial charge on any atom is 0.303 e. The number of aliphatic carboxylic acids is 1. The molecule has 0 amide bonds. The van der Waals surface area contributed by atoms with E-state index in [0.717, 1.165) is 24.2 Å². The number of carboxylic acid groups (broad SMARTS) is 1. The normalized spacial score (nSPS) is 10.6. The smallest absolute Gasteiger partial charge is 0.303 e. The molecule has 2 rings (SSSR count). The Balaban J connectivity index is 2.17. The fraction of sp³-hybridized carbons (Fsp3) is 0.357. The van der Waals surface area contributed by atoms with Gasteiger partial charge in [0.1, 0.15) is 0 Å². The first-order valence-corrected chi connectivity index (χ1v) is 6.41. The van der Waals surface area contributed by atoms with Crippen molar-refractivity contribution in [1.29, 1.82) is 0 Å². The number of aromatic nitrogens is 3. The van der Waals surface area contributed by atoms with Crippen LogP contribution >= 0.6 is 0 Å². The molecule has 1 N–H and O–H groups in total. The van der Waals surface area contributed by atoms with Gasteiger partial charge in [0, 0.05) is 6.42 Å². The first-order chi connectivity index (χ1) is 9.20. The summed E-state index contributed by atoms with van der Waals surface area (Å²) in [7, 11) is 0. The zero-order chi connectivity index (χ0) is 13.7. The summed E-state index contributed by atoms with van der Waals surface area (Å²) in [4.78, 5) is 10.6. The van der Waals surface area contributed by atoms with Gasteiger partial charge < -0.3 is 5.11 Å². The average Bonchev–Trinajstić information content (AvgIpc) is 2.86. The van der Waals surface area contributed by atoms with E-state index in [-0.39, 0.29) is 6.42 Å². The van der Waals surface area contributed by atoms with Crippen molar-refractivity contribution in [3.63, 3.8) is 0 Å². The molecule has 2 aromatic rings. The Kier molecular flexibility index (Phi) is 4.28. The van der Waals surface area contributed by atoms with Crippen molar-refractivity contribution in [3.05, 3.63) is 41.7 Å². The van der Waals surface area contributed by atoms with Gasteiger partial charge in [0.15, 0.2) is 0 Å². The highest BCUT2D eigenvalue weighted by molar-refractivity contribution is 5.67. The van der Waals surface area contributed by atoms with Gasteiger partial charge in [-0.15, -0.1) is 5.10 Å². The zero-order valence-corrected chi connectivity index (χ0v) is 10.9. The molecule has 0 bridgehead atoms. The number of benzene rings is 1. The van der Waals surface area contributed by atoms with E-state index in [4.69, 9.17) is 5.11 Å². The Morgan fingerprint density at radius 1 is 1.26 bits per heavy atom. The lowest BCUT2D eigenvalue weighted by Gasteiger charge is -2.06. The molecule has 0 fully saturated rings. The number of hydrogen-bond donors (Lipinski definition) is 1. The molecular formula is C14H17N3O2. The quantitative estimate of drug-likeness (QED) is 0.863. The van der Waals surface area contributed by atoms with Crippen molar-refractivity contribution in [2.75, 3.05) is 0 Å². The van der Waals surface area contributed by atoms with E-state index < -0.39 is 5.97 Å². The maximum atomic E-state index is 10.6. The number of nitrogens with zero attached hydrogens (tertiary/aromatic N) is 3. The minimum Gasteiger partial charge on any atom is -0.481 e. The first kappa shape index (κ1) is 13.3. The molecule has 19 heavy (non-hydrogen) atoms. The second-order valence-corrected chi connectivity index (χ2v) is 4.45. The highest BCUT2D eigenvalue weighted by Crippen LogP contribution is 2.13. The molecule has 1 aromatic carbocycles. The van der Waals surface area contributed by atoms with Gasteiger partial charge in [0.05, 0.1) is 24.0 Å². The molecule has 5 nitrogen and oxygen atoms in total. The standard InChI is InChI=1S/C14H17N3O2/c1-2-3-11-4-6-12(7-5-11)17-13(10-15-16-17)8-9-14(18)19/h4-7,10H,2-3,8-9H2,1H3,(H,18,19). The summed E-state index contributed by atoms with van der Waals surface area (Å²) in [6.45, 7) is 2.15. The van der Waals surface area contributed by atoms with E-state index in [9.17, 15) is 4.79 Å². The Morgan fingerprint density at radius 3 is 2.63 bits per heavy atom. The van der Waals surface area contributed by atoms with Crippen LogP contribution in [0.15, 0.2) is 30.5 Å². The van der Waals surface area contributed by atoms with E-state index in [1.807, 2.05) is 12.1 Å². The molecule has 1 aromatic heterocycles. The van der Waals surface area contributed by atoms with Crippen molar-refractivity contribution >= 4 is 5.97 Å². The van der Waals surface area contributed by atoms with E-state index in [1.165, 1.54) is 5.56 Å². The van der Waals surface area contributed by atoms with Gasteiger partial charge >= 0.3 is 5.97 Å². The van der Waals surface area contributed by atoms with E-state index in [2.05, 4.69) is 29.4 Å². The summed E-state index contributed by atoms with van der Waals surface area (Å²) in [5.74, 6) is -0.814. The summed E-state index contributed by atoms with van der Waals surface area (Å²) < 4.78 is 1.69. The molecule has 0 aliphatic rings. The monoisotopic (exact) mass is 259 g/mol. The molecule has 0 saturated carbocycles. The van der Waals surface area contributed by atoms with Gasteiger partial charge in [-0.25, -0.2) is 4.68 Å².